The van der Waals surface area contributed by atoms with E-state index in [-0.39, 0.29) is 11.3 Å². The summed E-state index contributed by atoms with van der Waals surface area (Å²) in [5.74, 6) is 0.729. The maximum absolute atomic E-state index is 11.9. The van der Waals surface area contributed by atoms with Gasteiger partial charge in [0.25, 0.3) is 0 Å². The molecule has 88 valence electrons. The maximum Gasteiger partial charge on any atom is 0.228 e. The van der Waals surface area contributed by atoms with Gasteiger partial charge >= 0.3 is 0 Å². The van der Waals surface area contributed by atoms with Crippen molar-refractivity contribution in [3.63, 3.8) is 0 Å². The first kappa shape index (κ1) is 12.6. The van der Waals surface area contributed by atoms with Crippen LogP contribution in [0.4, 0.5) is 5.82 Å². The van der Waals surface area contributed by atoms with Gasteiger partial charge in [0.1, 0.15) is 12.1 Å². The van der Waals surface area contributed by atoms with Crippen molar-refractivity contribution in [2.45, 2.75) is 34.1 Å². The summed E-state index contributed by atoms with van der Waals surface area (Å²) >= 11 is 0. The van der Waals surface area contributed by atoms with Crippen molar-refractivity contribution >= 4 is 11.7 Å². The minimum absolute atomic E-state index is 0.00653. The first-order valence-corrected chi connectivity index (χ1v) is 5.35. The van der Waals surface area contributed by atoms with Gasteiger partial charge in [0.05, 0.1) is 0 Å². The van der Waals surface area contributed by atoms with Gasteiger partial charge in [-0.25, -0.2) is 9.97 Å². The quantitative estimate of drug-likeness (QED) is 0.769. The van der Waals surface area contributed by atoms with Crippen LogP contribution in [-0.4, -0.2) is 22.9 Å². The van der Waals surface area contributed by atoms with E-state index < -0.39 is 0 Å². The van der Waals surface area contributed by atoms with Crippen LogP contribution in [0.2, 0.25) is 0 Å². The lowest BCUT2D eigenvalue weighted by molar-refractivity contribution is -0.120. The molecular weight excluding hydrogens is 202 g/mol. The molecule has 1 amide bonds. The molecule has 0 aliphatic heterocycles. The number of rotatable bonds is 2. The van der Waals surface area contributed by atoms with Crippen molar-refractivity contribution in [1.29, 1.82) is 0 Å². The number of hydrogen-bond acceptors (Lipinski definition) is 3. The highest BCUT2D eigenvalue weighted by atomic mass is 16.2. The fraction of sp³-hybridized carbons (Fsp3) is 0.583. The Balaban J connectivity index is 2.78. The molecule has 1 rings (SSSR count). The van der Waals surface area contributed by atoms with Crippen molar-refractivity contribution in [2.75, 3.05) is 11.9 Å². The SMILES string of the molecule is Cc1cc(N(C)C(=O)CC(C)(C)C)ncn1. The van der Waals surface area contributed by atoms with Gasteiger partial charge in [-0.3, -0.25) is 9.69 Å². The van der Waals surface area contributed by atoms with E-state index in [1.165, 1.54) is 6.33 Å². The number of amides is 1. The average molecular weight is 221 g/mol. The summed E-state index contributed by atoms with van der Waals surface area (Å²) in [5.41, 5.74) is 0.855. The highest BCUT2D eigenvalue weighted by Gasteiger charge is 2.20. The molecule has 0 N–H and O–H groups in total. The zero-order valence-corrected chi connectivity index (χ0v) is 10.6. The monoisotopic (exact) mass is 221 g/mol. The molecule has 4 nitrogen and oxygen atoms in total. The number of carbonyl (C=O) groups excluding carboxylic acids is 1. The molecule has 0 radical (unpaired) electrons. The molecule has 1 aromatic rings. The van der Waals surface area contributed by atoms with Crippen LogP contribution in [0.3, 0.4) is 0 Å². The summed E-state index contributed by atoms with van der Waals surface area (Å²) in [4.78, 5) is 21.6. The number of carbonyl (C=O) groups is 1. The Morgan fingerprint density at radius 1 is 1.38 bits per heavy atom. The van der Waals surface area contributed by atoms with Crippen LogP contribution in [0.15, 0.2) is 12.4 Å². The first-order chi connectivity index (χ1) is 7.29. The molecule has 1 aromatic heterocycles. The zero-order valence-electron chi connectivity index (χ0n) is 10.6. The van der Waals surface area contributed by atoms with Crippen LogP contribution in [-0.2, 0) is 4.79 Å². The second-order valence-corrected chi connectivity index (χ2v) is 5.21. The van der Waals surface area contributed by atoms with Crippen LogP contribution in [0, 0.1) is 12.3 Å². The second-order valence-electron chi connectivity index (χ2n) is 5.21. The molecule has 0 aliphatic carbocycles. The van der Waals surface area contributed by atoms with E-state index in [4.69, 9.17) is 0 Å². The van der Waals surface area contributed by atoms with Gasteiger partial charge in [-0.2, -0.15) is 0 Å². The van der Waals surface area contributed by atoms with Gasteiger partial charge in [-0.15, -0.1) is 0 Å². The minimum Gasteiger partial charge on any atom is -0.300 e. The van der Waals surface area contributed by atoms with E-state index >= 15 is 0 Å². The summed E-state index contributed by atoms with van der Waals surface area (Å²) in [5, 5.41) is 0. The predicted molar refractivity (Wildman–Crippen MR) is 64.3 cm³/mol. The van der Waals surface area contributed by atoms with E-state index in [1.54, 1.807) is 18.0 Å². The van der Waals surface area contributed by atoms with E-state index in [2.05, 4.69) is 9.97 Å². The van der Waals surface area contributed by atoms with Gasteiger partial charge in [0.15, 0.2) is 0 Å². The zero-order chi connectivity index (χ0) is 12.3. The highest BCUT2D eigenvalue weighted by Crippen LogP contribution is 2.21. The molecule has 0 aromatic carbocycles. The molecule has 0 saturated carbocycles. The van der Waals surface area contributed by atoms with E-state index in [9.17, 15) is 4.79 Å². The summed E-state index contributed by atoms with van der Waals surface area (Å²) < 4.78 is 0. The van der Waals surface area contributed by atoms with E-state index in [0.29, 0.717) is 12.2 Å². The fourth-order valence-corrected chi connectivity index (χ4v) is 1.32. The summed E-state index contributed by atoms with van der Waals surface area (Å²) in [6, 6.07) is 1.81. The average Bonchev–Trinajstić information content (AvgIpc) is 2.14. The van der Waals surface area contributed by atoms with Crippen molar-refractivity contribution < 1.29 is 4.79 Å². The lowest BCUT2D eigenvalue weighted by atomic mass is 9.92. The maximum atomic E-state index is 11.9. The summed E-state index contributed by atoms with van der Waals surface area (Å²) in [6.45, 7) is 8.02. The standard InChI is InChI=1S/C12H19N3O/c1-9-6-10(14-8-13-9)15(5)11(16)7-12(2,3)4/h6,8H,7H2,1-5H3. The predicted octanol–water partition coefficient (Wildman–Crippen LogP) is 2.18. The molecular formula is C12H19N3O. The molecule has 1 heterocycles. The topological polar surface area (TPSA) is 46.1 Å². The van der Waals surface area contributed by atoms with Gasteiger partial charge in [0.2, 0.25) is 5.91 Å². The van der Waals surface area contributed by atoms with Crippen LogP contribution in [0.25, 0.3) is 0 Å². The third-order valence-electron chi connectivity index (χ3n) is 2.19. The molecule has 16 heavy (non-hydrogen) atoms. The largest absolute Gasteiger partial charge is 0.300 e. The normalized spacial score (nSPS) is 11.3. The number of nitrogens with zero attached hydrogens (tertiary/aromatic N) is 3. The summed E-state index contributed by atoms with van der Waals surface area (Å²) in [6.07, 6.45) is 1.98. The van der Waals surface area contributed by atoms with Crippen molar-refractivity contribution in [2.24, 2.45) is 5.41 Å². The molecule has 0 aliphatic rings. The van der Waals surface area contributed by atoms with Gasteiger partial charge < -0.3 is 0 Å². The Labute approximate surface area is 96.7 Å². The Morgan fingerprint density at radius 2 is 2.00 bits per heavy atom. The highest BCUT2D eigenvalue weighted by molar-refractivity contribution is 5.92. The lowest BCUT2D eigenvalue weighted by Crippen LogP contribution is -2.30. The van der Waals surface area contributed by atoms with Gasteiger partial charge in [0, 0.05) is 25.2 Å². The van der Waals surface area contributed by atoms with Crippen LogP contribution in [0.5, 0.6) is 0 Å². The number of aryl methyl sites for hydroxylation is 1. The van der Waals surface area contributed by atoms with E-state index in [0.717, 1.165) is 5.69 Å². The van der Waals surface area contributed by atoms with E-state index in [1.807, 2.05) is 27.7 Å². The van der Waals surface area contributed by atoms with Gasteiger partial charge in [-0.05, 0) is 12.3 Å². The molecule has 0 atom stereocenters. The Bertz CT molecular complexity index is 382. The third kappa shape index (κ3) is 3.61. The molecule has 0 bridgehead atoms. The first-order valence-electron chi connectivity index (χ1n) is 5.35. The lowest BCUT2D eigenvalue weighted by Gasteiger charge is -2.22. The Hall–Kier alpha value is -1.45. The second kappa shape index (κ2) is 4.60. The number of hydrogen-bond donors (Lipinski definition) is 0. The number of aromatic nitrogens is 2. The van der Waals surface area contributed by atoms with Crippen molar-refractivity contribution in [3.8, 4) is 0 Å². The molecule has 0 unspecified atom stereocenters. The smallest absolute Gasteiger partial charge is 0.228 e. The summed E-state index contributed by atoms with van der Waals surface area (Å²) in [7, 11) is 1.75. The molecule has 4 heteroatoms. The third-order valence-corrected chi connectivity index (χ3v) is 2.19. The Kier molecular flexibility index (Phi) is 3.62. The van der Waals surface area contributed by atoms with Gasteiger partial charge in [-0.1, -0.05) is 20.8 Å². The van der Waals surface area contributed by atoms with Crippen LogP contribution < -0.4 is 4.90 Å². The van der Waals surface area contributed by atoms with Crippen LogP contribution in [0.1, 0.15) is 32.9 Å². The van der Waals surface area contributed by atoms with Crippen LogP contribution >= 0.6 is 0 Å². The van der Waals surface area contributed by atoms with Crippen molar-refractivity contribution in [3.05, 3.63) is 18.1 Å². The minimum atomic E-state index is -0.00653. The van der Waals surface area contributed by atoms with Crippen molar-refractivity contribution in [1.82, 2.24) is 9.97 Å². The number of anilines is 1. The molecule has 0 spiro atoms. The molecule has 0 fully saturated rings. The molecule has 0 saturated heterocycles. The fourth-order valence-electron chi connectivity index (χ4n) is 1.32. The Morgan fingerprint density at radius 3 is 2.50 bits per heavy atom.